The summed E-state index contributed by atoms with van der Waals surface area (Å²) in [7, 11) is 2.56. The maximum atomic E-state index is 10.6. The largest absolute Gasteiger partial charge is 0.507 e. The zero-order chi connectivity index (χ0) is 12.9. The van der Waals surface area contributed by atoms with Gasteiger partial charge in [0, 0.05) is 0 Å². The van der Waals surface area contributed by atoms with Crippen molar-refractivity contribution in [2.45, 2.75) is 32.1 Å². The van der Waals surface area contributed by atoms with Crippen molar-refractivity contribution in [1.82, 2.24) is 0 Å². The maximum absolute atomic E-state index is 10.6. The molecule has 6 heteroatoms. The molecule has 0 spiro atoms. The summed E-state index contributed by atoms with van der Waals surface area (Å²) in [5.74, 6) is 0. The van der Waals surface area contributed by atoms with Gasteiger partial charge >= 0.3 is 12.3 Å². The number of unbranched alkanes of at least 4 members (excludes halogenated alkanes) is 4. The van der Waals surface area contributed by atoms with E-state index in [2.05, 4.69) is 9.47 Å². The molecule has 0 atom stereocenters. The van der Waals surface area contributed by atoms with Gasteiger partial charge in [0.2, 0.25) is 0 Å². The molecule has 0 saturated heterocycles. The van der Waals surface area contributed by atoms with Crippen LogP contribution in [0, 0.1) is 0 Å². The minimum absolute atomic E-state index is 0.380. The van der Waals surface area contributed by atoms with E-state index in [0.29, 0.717) is 13.2 Å². The Morgan fingerprint density at radius 3 is 1.41 bits per heavy atom. The topological polar surface area (TPSA) is 71.1 Å². The van der Waals surface area contributed by atoms with Crippen molar-refractivity contribution >= 4 is 12.3 Å². The fraction of sp³-hybridized carbons (Fsp3) is 0.818. The Morgan fingerprint density at radius 1 is 0.706 bits per heavy atom. The summed E-state index contributed by atoms with van der Waals surface area (Å²) in [4.78, 5) is 21.1. The van der Waals surface area contributed by atoms with Crippen LogP contribution in [0.25, 0.3) is 0 Å². The van der Waals surface area contributed by atoms with Gasteiger partial charge in [-0.25, -0.2) is 9.59 Å². The monoisotopic (exact) mass is 248 g/mol. The second-order valence-corrected chi connectivity index (χ2v) is 3.37. The van der Waals surface area contributed by atoms with Crippen LogP contribution in [-0.2, 0) is 18.9 Å². The number of hydrogen-bond donors (Lipinski definition) is 0. The second-order valence-electron chi connectivity index (χ2n) is 3.37. The van der Waals surface area contributed by atoms with Gasteiger partial charge in [0.25, 0.3) is 0 Å². The van der Waals surface area contributed by atoms with Gasteiger partial charge in [-0.3, -0.25) is 0 Å². The average molecular weight is 248 g/mol. The van der Waals surface area contributed by atoms with E-state index in [1.165, 1.54) is 14.2 Å². The van der Waals surface area contributed by atoms with Crippen LogP contribution in [0.2, 0.25) is 0 Å². The van der Waals surface area contributed by atoms with Gasteiger partial charge in [0.1, 0.15) is 0 Å². The third-order valence-corrected chi connectivity index (χ3v) is 2.06. The number of hydrogen-bond acceptors (Lipinski definition) is 6. The van der Waals surface area contributed by atoms with Crippen molar-refractivity contribution in [3.05, 3.63) is 0 Å². The van der Waals surface area contributed by atoms with Gasteiger partial charge in [-0.05, 0) is 12.8 Å². The molecular formula is C11H20O6. The van der Waals surface area contributed by atoms with Gasteiger partial charge in [0.05, 0.1) is 27.4 Å². The molecule has 0 aromatic carbocycles. The Bertz CT molecular complexity index is 194. The molecule has 0 aromatic rings. The van der Waals surface area contributed by atoms with Crippen LogP contribution in [0.5, 0.6) is 0 Å². The third-order valence-electron chi connectivity index (χ3n) is 2.06. The molecule has 0 heterocycles. The molecule has 0 amide bonds. The van der Waals surface area contributed by atoms with Gasteiger partial charge in [0.15, 0.2) is 0 Å². The minimum atomic E-state index is -0.642. The fourth-order valence-corrected chi connectivity index (χ4v) is 1.16. The molecular weight excluding hydrogens is 228 g/mol. The van der Waals surface area contributed by atoms with Crippen molar-refractivity contribution in [1.29, 1.82) is 0 Å². The van der Waals surface area contributed by atoms with E-state index in [1.807, 2.05) is 0 Å². The third kappa shape index (κ3) is 10.8. The van der Waals surface area contributed by atoms with Crippen LogP contribution in [0.15, 0.2) is 0 Å². The van der Waals surface area contributed by atoms with E-state index >= 15 is 0 Å². The predicted octanol–water partition coefficient (Wildman–Crippen LogP) is 2.50. The van der Waals surface area contributed by atoms with Gasteiger partial charge in [-0.15, -0.1) is 0 Å². The molecule has 0 aliphatic carbocycles. The summed E-state index contributed by atoms with van der Waals surface area (Å²) in [5, 5.41) is 0. The summed E-state index contributed by atoms with van der Waals surface area (Å²) in [5.41, 5.74) is 0. The quantitative estimate of drug-likeness (QED) is 0.485. The summed E-state index contributed by atoms with van der Waals surface area (Å²) in [6.07, 6.45) is 3.28. The maximum Gasteiger partial charge on any atom is 0.507 e. The zero-order valence-corrected chi connectivity index (χ0v) is 10.4. The normalized spacial score (nSPS) is 9.53. The zero-order valence-electron chi connectivity index (χ0n) is 10.4. The Kier molecular flexibility index (Phi) is 10.1. The SMILES string of the molecule is COC(=O)OCCCCCCCOC(=O)OC. The van der Waals surface area contributed by atoms with E-state index in [-0.39, 0.29) is 0 Å². The number of ether oxygens (including phenoxy) is 4. The molecule has 0 fully saturated rings. The standard InChI is InChI=1S/C11H20O6/c1-14-10(12)16-8-6-4-3-5-7-9-17-11(13)15-2/h3-9H2,1-2H3. The van der Waals surface area contributed by atoms with Crippen LogP contribution < -0.4 is 0 Å². The summed E-state index contributed by atoms with van der Waals surface area (Å²) in [6, 6.07) is 0. The van der Waals surface area contributed by atoms with Crippen LogP contribution in [-0.4, -0.2) is 39.7 Å². The molecule has 0 aliphatic rings. The molecule has 6 nitrogen and oxygen atoms in total. The first-order valence-electron chi connectivity index (χ1n) is 5.62. The number of carbonyl (C=O) groups is 2. The van der Waals surface area contributed by atoms with Crippen molar-refractivity contribution in [3.63, 3.8) is 0 Å². The molecule has 0 aromatic heterocycles. The van der Waals surface area contributed by atoms with Crippen molar-refractivity contribution in [2.75, 3.05) is 27.4 Å². The van der Waals surface area contributed by atoms with Gasteiger partial charge < -0.3 is 18.9 Å². The average Bonchev–Trinajstić information content (AvgIpc) is 2.35. The van der Waals surface area contributed by atoms with E-state index < -0.39 is 12.3 Å². The molecule has 0 bridgehead atoms. The van der Waals surface area contributed by atoms with E-state index in [0.717, 1.165) is 32.1 Å². The van der Waals surface area contributed by atoms with Crippen LogP contribution in [0.1, 0.15) is 32.1 Å². The molecule has 0 rings (SSSR count). The van der Waals surface area contributed by atoms with E-state index in [4.69, 9.17) is 9.47 Å². The van der Waals surface area contributed by atoms with Crippen molar-refractivity contribution < 1.29 is 28.5 Å². The lowest BCUT2D eigenvalue weighted by molar-refractivity contribution is 0.0707. The Balaban J connectivity index is 3.08. The highest BCUT2D eigenvalue weighted by atomic mass is 16.7. The molecule has 0 radical (unpaired) electrons. The highest BCUT2D eigenvalue weighted by molar-refractivity contribution is 5.59. The molecule has 0 N–H and O–H groups in total. The lowest BCUT2D eigenvalue weighted by atomic mass is 10.1. The molecule has 0 unspecified atom stereocenters. The smallest absolute Gasteiger partial charge is 0.438 e. The molecule has 0 aliphatic heterocycles. The van der Waals surface area contributed by atoms with Crippen LogP contribution >= 0.6 is 0 Å². The first kappa shape index (κ1) is 15.5. The number of rotatable bonds is 8. The summed E-state index contributed by atoms with van der Waals surface area (Å²) >= 11 is 0. The summed E-state index contributed by atoms with van der Waals surface area (Å²) < 4.78 is 18.1. The van der Waals surface area contributed by atoms with Gasteiger partial charge in [-0.2, -0.15) is 0 Å². The predicted molar refractivity (Wildman–Crippen MR) is 59.8 cm³/mol. The van der Waals surface area contributed by atoms with Crippen LogP contribution in [0.4, 0.5) is 9.59 Å². The Labute approximate surface area is 101 Å². The van der Waals surface area contributed by atoms with Gasteiger partial charge in [-0.1, -0.05) is 19.3 Å². The van der Waals surface area contributed by atoms with E-state index in [1.54, 1.807) is 0 Å². The lowest BCUT2D eigenvalue weighted by Gasteiger charge is -2.04. The Morgan fingerprint density at radius 2 is 1.06 bits per heavy atom. The molecule has 17 heavy (non-hydrogen) atoms. The number of methoxy groups -OCH3 is 2. The van der Waals surface area contributed by atoms with Crippen LogP contribution in [0.3, 0.4) is 0 Å². The highest BCUT2D eigenvalue weighted by Gasteiger charge is 2.00. The molecule has 0 saturated carbocycles. The summed E-state index contributed by atoms with van der Waals surface area (Å²) in [6.45, 7) is 0.761. The first-order chi connectivity index (χ1) is 8.20. The van der Waals surface area contributed by atoms with E-state index in [9.17, 15) is 9.59 Å². The fourth-order valence-electron chi connectivity index (χ4n) is 1.16. The lowest BCUT2D eigenvalue weighted by Crippen LogP contribution is -2.06. The van der Waals surface area contributed by atoms with Crippen molar-refractivity contribution in [2.24, 2.45) is 0 Å². The number of carbonyl (C=O) groups excluding carboxylic acids is 2. The highest BCUT2D eigenvalue weighted by Crippen LogP contribution is 2.04. The van der Waals surface area contributed by atoms with Crippen molar-refractivity contribution in [3.8, 4) is 0 Å². The minimum Gasteiger partial charge on any atom is -0.438 e. The first-order valence-corrected chi connectivity index (χ1v) is 5.62. The Hall–Kier alpha value is -1.46. The second kappa shape index (κ2) is 11.0. The molecule has 100 valence electrons.